The van der Waals surface area contributed by atoms with Crippen molar-refractivity contribution in [3.8, 4) is 45.3 Å². The van der Waals surface area contributed by atoms with Gasteiger partial charge in [-0.2, -0.15) is 0 Å². The summed E-state index contributed by atoms with van der Waals surface area (Å²) in [6.07, 6.45) is 2.77. The van der Waals surface area contributed by atoms with Crippen LogP contribution in [0.1, 0.15) is 33.4 Å². The van der Waals surface area contributed by atoms with Crippen LogP contribution >= 0.6 is 0 Å². The third kappa shape index (κ3) is 1.97. The van der Waals surface area contributed by atoms with E-state index in [2.05, 4.69) is 78.9 Å². The monoisotopic (exact) mass is 458 g/mol. The highest BCUT2D eigenvalue weighted by molar-refractivity contribution is 6.99. The van der Waals surface area contributed by atoms with E-state index in [1.54, 1.807) is 0 Å². The number of benzene rings is 5. The highest BCUT2D eigenvalue weighted by Gasteiger charge is 2.48. The number of ether oxygens (including phenoxy) is 2. The van der Waals surface area contributed by atoms with Crippen LogP contribution in [0.4, 0.5) is 0 Å². The molecule has 0 atom stereocenters. The summed E-state index contributed by atoms with van der Waals surface area (Å²) in [5, 5.41) is 0. The second kappa shape index (κ2) is 5.94. The lowest BCUT2D eigenvalue weighted by Crippen LogP contribution is -2.61. The van der Waals surface area contributed by atoms with Crippen molar-refractivity contribution in [3.63, 3.8) is 0 Å². The maximum atomic E-state index is 7.14. The van der Waals surface area contributed by atoms with E-state index in [1.807, 2.05) is 0 Å². The topological polar surface area (TPSA) is 18.5 Å². The smallest absolute Gasteiger partial charge is 0.261 e. The van der Waals surface area contributed by atoms with E-state index in [0.29, 0.717) is 0 Å². The summed E-state index contributed by atoms with van der Waals surface area (Å²) in [6, 6.07) is 29.0. The van der Waals surface area contributed by atoms with Crippen molar-refractivity contribution in [1.29, 1.82) is 0 Å². The largest absolute Gasteiger partial charge is 0.458 e. The van der Waals surface area contributed by atoms with Crippen LogP contribution in [-0.4, -0.2) is 6.71 Å². The predicted molar refractivity (Wildman–Crippen MR) is 143 cm³/mol. The van der Waals surface area contributed by atoms with Gasteiger partial charge in [0, 0.05) is 23.0 Å². The van der Waals surface area contributed by atoms with Gasteiger partial charge in [0.1, 0.15) is 23.0 Å². The van der Waals surface area contributed by atoms with Crippen molar-refractivity contribution in [2.24, 2.45) is 0 Å². The first-order valence-electron chi connectivity index (χ1n) is 12.9. The summed E-state index contributed by atoms with van der Waals surface area (Å²) in [4.78, 5) is 0. The van der Waals surface area contributed by atoms with Crippen LogP contribution in [-0.2, 0) is 19.3 Å². The Morgan fingerprint density at radius 3 is 2.19 bits per heavy atom. The van der Waals surface area contributed by atoms with Gasteiger partial charge in [-0.3, -0.25) is 0 Å². The summed E-state index contributed by atoms with van der Waals surface area (Å²) < 4.78 is 13.8. The second-order valence-electron chi connectivity index (χ2n) is 10.8. The zero-order valence-electron chi connectivity index (χ0n) is 19.5. The summed E-state index contributed by atoms with van der Waals surface area (Å²) in [5.41, 5.74) is 17.4. The Hall–Kier alpha value is -4.24. The van der Waals surface area contributed by atoms with Crippen molar-refractivity contribution in [2.45, 2.75) is 19.3 Å². The molecule has 10 rings (SSSR count). The minimum Gasteiger partial charge on any atom is -0.458 e. The molecule has 0 bridgehead atoms. The van der Waals surface area contributed by atoms with E-state index in [0.717, 1.165) is 42.3 Å². The first-order chi connectivity index (χ1) is 17.8. The van der Waals surface area contributed by atoms with Crippen LogP contribution in [0.25, 0.3) is 22.3 Å². The maximum Gasteiger partial charge on any atom is 0.261 e. The fraction of sp³-hybridized carbons (Fsp3) is 0.0909. The van der Waals surface area contributed by atoms with Gasteiger partial charge < -0.3 is 9.47 Å². The molecule has 2 aliphatic carbocycles. The zero-order valence-corrected chi connectivity index (χ0v) is 19.5. The molecule has 0 radical (unpaired) electrons. The Morgan fingerprint density at radius 2 is 1.28 bits per heavy atom. The van der Waals surface area contributed by atoms with E-state index in [9.17, 15) is 0 Å². The zero-order chi connectivity index (χ0) is 23.1. The third-order valence-corrected chi connectivity index (χ3v) is 9.04. The average molecular weight is 458 g/mol. The molecule has 0 saturated heterocycles. The lowest BCUT2D eigenvalue weighted by Gasteiger charge is -2.39. The van der Waals surface area contributed by atoms with Gasteiger partial charge in [0.2, 0.25) is 0 Å². The average Bonchev–Trinajstić information content (AvgIpc) is 3.47. The van der Waals surface area contributed by atoms with Gasteiger partial charge >= 0.3 is 0 Å². The Labute approximate surface area is 209 Å². The third-order valence-electron chi connectivity index (χ3n) is 9.04. The van der Waals surface area contributed by atoms with E-state index >= 15 is 0 Å². The molecule has 3 aliphatic heterocycles. The maximum absolute atomic E-state index is 7.14. The molecule has 3 heterocycles. The van der Waals surface area contributed by atoms with Crippen molar-refractivity contribution in [1.82, 2.24) is 0 Å². The SMILES string of the molecule is c1ccc2c(c1)Cc1c-2cc2c3c1Oc1c4c(cc5c1-c1ccccc1C5)Oc1cccc(c1B34)C2. The number of hydrogen-bond acceptors (Lipinski definition) is 2. The Kier molecular flexibility index (Phi) is 2.98. The van der Waals surface area contributed by atoms with E-state index in [4.69, 9.17) is 9.47 Å². The summed E-state index contributed by atoms with van der Waals surface area (Å²) in [6.45, 7) is 0.162. The molecular weight excluding hydrogens is 439 g/mol. The normalized spacial score (nSPS) is 15.3. The van der Waals surface area contributed by atoms with Crippen LogP contribution in [0, 0.1) is 0 Å². The van der Waals surface area contributed by atoms with Crippen LogP contribution in [0.2, 0.25) is 0 Å². The summed E-state index contributed by atoms with van der Waals surface area (Å²) >= 11 is 0. The lowest BCUT2D eigenvalue weighted by molar-refractivity contribution is 0.462. The fourth-order valence-corrected chi connectivity index (χ4v) is 7.63. The summed E-state index contributed by atoms with van der Waals surface area (Å²) in [7, 11) is 0. The molecule has 0 amide bonds. The lowest BCUT2D eigenvalue weighted by atomic mass is 9.31. The van der Waals surface area contributed by atoms with Crippen molar-refractivity contribution < 1.29 is 9.47 Å². The van der Waals surface area contributed by atoms with Gasteiger partial charge in [-0.1, -0.05) is 66.7 Å². The molecule has 0 fully saturated rings. The molecule has 0 saturated carbocycles. The minimum atomic E-state index is 0.162. The molecule has 36 heavy (non-hydrogen) atoms. The first kappa shape index (κ1) is 18.1. The first-order valence-corrected chi connectivity index (χ1v) is 12.9. The molecule has 0 aromatic heterocycles. The van der Waals surface area contributed by atoms with Gasteiger partial charge in [0.05, 0.1) is 0 Å². The van der Waals surface area contributed by atoms with Crippen molar-refractivity contribution >= 4 is 23.1 Å². The Bertz CT molecular complexity index is 1880. The van der Waals surface area contributed by atoms with E-state index < -0.39 is 0 Å². The van der Waals surface area contributed by atoms with Crippen molar-refractivity contribution in [3.05, 3.63) is 112 Å². The van der Waals surface area contributed by atoms with E-state index in [-0.39, 0.29) is 6.71 Å². The molecule has 5 aromatic carbocycles. The number of rotatable bonds is 0. The van der Waals surface area contributed by atoms with Gasteiger partial charge in [0.15, 0.2) is 0 Å². The molecule has 5 aliphatic rings. The Morgan fingerprint density at radius 1 is 0.500 bits per heavy atom. The molecule has 5 aromatic rings. The van der Waals surface area contributed by atoms with Gasteiger partial charge in [-0.25, -0.2) is 0 Å². The second-order valence-corrected chi connectivity index (χ2v) is 10.8. The summed E-state index contributed by atoms with van der Waals surface area (Å²) in [5.74, 6) is 4.09. The minimum absolute atomic E-state index is 0.162. The quantitative estimate of drug-likeness (QED) is 0.281. The highest BCUT2D eigenvalue weighted by Crippen LogP contribution is 2.51. The number of hydrogen-bond donors (Lipinski definition) is 0. The van der Waals surface area contributed by atoms with Crippen LogP contribution in [0.5, 0.6) is 23.0 Å². The molecular formula is C33H19BO2. The molecule has 3 heteroatoms. The van der Waals surface area contributed by atoms with Crippen LogP contribution in [0.3, 0.4) is 0 Å². The van der Waals surface area contributed by atoms with E-state index in [1.165, 1.54) is 72.0 Å². The number of fused-ring (bicyclic) bond motifs is 8. The fourth-order valence-electron chi connectivity index (χ4n) is 7.63. The van der Waals surface area contributed by atoms with Crippen molar-refractivity contribution in [2.75, 3.05) is 0 Å². The standard InChI is InChI=1S/C33H19BO2/c1-3-9-22-18(7-1)14-25-24(22)15-21-13-19-8-5-11-26-29(19)34-30(21)32(25)36-33-28-20(16-27(35-26)31(33)34)12-17-6-2-4-10-23(17)28/h1-11,15-16H,12-14H2. The van der Waals surface area contributed by atoms with Crippen LogP contribution < -0.4 is 25.9 Å². The molecule has 2 nitrogen and oxygen atoms in total. The highest BCUT2D eigenvalue weighted by atomic mass is 16.5. The van der Waals surface area contributed by atoms with Gasteiger partial charge in [-0.05, 0) is 80.4 Å². The van der Waals surface area contributed by atoms with Gasteiger partial charge in [-0.15, -0.1) is 0 Å². The molecule has 0 unspecified atom stereocenters. The molecule has 0 N–H and O–H groups in total. The van der Waals surface area contributed by atoms with Gasteiger partial charge in [0.25, 0.3) is 6.71 Å². The Balaban J connectivity index is 1.34. The molecule has 0 spiro atoms. The predicted octanol–water partition coefficient (Wildman–Crippen LogP) is 5.46. The van der Waals surface area contributed by atoms with Crippen LogP contribution in [0.15, 0.2) is 78.9 Å². The molecule has 166 valence electrons.